The summed E-state index contributed by atoms with van der Waals surface area (Å²) in [6.07, 6.45) is 0. The first-order valence-corrected chi connectivity index (χ1v) is 3.64. The minimum absolute atomic E-state index is 0.143. The molecule has 0 aromatic carbocycles. The molecule has 0 radical (unpaired) electrons. The number of carbonyl (C=O) groups is 1. The molecule has 0 saturated carbocycles. The van der Waals surface area contributed by atoms with Gasteiger partial charge in [-0.05, 0) is 6.92 Å². The first-order chi connectivity index (χ1) is 6.13. The van der Waals surface area contributed by atoms with Gasteiger partial charge >= 0.3 is 11.7 Å². The molecule has 0 aliphatic heterocycles. The molecule has 6 nitrogen and oxygen atoms in total. The third kappa shape index (κ3) is 2.29. The minimum Gasteiger partial charge on any atom is -0.461 e. The second-order valence-corrected chi connectivity index (χ2v) is 2.22. The Kier molecular flexibility index (Phi) is 2.63. The van der Waals surface area contributed by atoms with Crippen molar-refractivity contribution in [2.24, 2.45) is 0 Å². The molecule has 0 aliphatic carbocycles. The summed E-state index contributed by atoms with van der Waals surface area (Å²) < 4.78 is 4.58. The number of H-pyrrole nitrogens is 2. The van der Waals surface area contributed by atoms with Crippen LogP contribution in [-0.4, -0.2) is 22.5 Å². The van der Waals surface area contributed by atoms with E-state index in [1.54, 1.807) is 6.92 Å². The van der Waals surface area contributed by atoms with Crippen molar-refractivity contribution in [1.29, 1.82) is 0 Å². The van der Waals surface area contributed by atoms with E-state index in [-0.39, 0.29) is 12.3 Å². The highest BCUT2D eigenvalue weighted by Crippen LogP contribution is 1.89. The summed E-state index contributed by atoms with van der Waals surface area (Å²) in [4.78, 5) is 36.5. The predicted octanol–water partition coefficient (Wildman–Crippen LogP) is -0.760. The number of aromatic amines is 2. The molecule has 1 aromatic heterocycles. The van der Waals surface area contributed by atoms with Gasteiger partial charge in [0.1, 0.15) is 5.69 Å². The van der Waals surface area contributed by atoms with Crippen molar-refractivity contribution in [3.63, 3.8) is 0 Å². The Morgan fingerprint density at radius 2 is 2.15 bits per heavy atom. The molecule has 6 heteroatoms. The molecule has 0 bridgehead atoms. The standard InChI is InChI=1S/C7H8N2O4/c1-2-13-6(11)4-3-5(10)9-7(12)8-4/h3H,2H2,1H3,(H2,8,9,10,12). The smallest absolute Gasteiger partial charge is 0.355 e. The zero-order valence-corrected chi connectivity index (χ0v) is 6.92. The number of rotatable bonds is 2. The van der Waals surface area contributed by atoms with Crippen molar-refractivity contribution in [3.05, 3.63) is 32.6 Å². The fourth-order valence-corrected chi connectivity index (χ4v) is 0.788. The van der Waals surface area contributed by atoms with Crippen molar-refractivity contribution in [3.8, 4) is 0 Å². The average Bonchev–Trinajstić information content (AvgIpc) is 2.03. The van der Waals surface area contributed by atoms with E-state index in [2.05, 4.69) is 9.72 Å². The summed E-state index contributed by atoms with van der Waals surface area (Å²) >= 11 is 0. The Bertz CT molecular complexity index is 389. The fourth-order valence-electron chi connectivity index (χ4n) is 0.788. The van der Waals surface area contributed by atoms with Crippen molar-refractivity contribution >= 4 is 5.97 Å². The zero-order valence-electron chi connectivity index (χ0n) is 6.92. The third-order valence-corrected chi connectivity index (χ3v) is 1.26. The maximum absolute atomic E-state index is 11.0. The number of ether oxygens (including phenoxy) is 1. The van der Waals surface area contributed by atoms with Crippen LogP contribution >= 0.6 is 0 Å². The van der Waals surface area contributed by atoms with Crippen molar-refractivity contribution in [1.82, 2.24) is 9.97 Å². The third-order valence-electron chi connectivity index (χ3n) is 1.26. The fraction of sp³-hybridized carbons (Fsp3) is 0.286. The maximum Gasteiger partial charge on any atom is 0.355 e. The molecule has 0 spiro atoms. The highest BCUT2D eigenvalue weighted by atomic mass is 16.5. The van der Waals surface area contributed by atoms with Gasteiger partial charge in [-0.25, -0.2) is 9.59 Å². The molecule has 0 aliphatic rings. The molecule has 0 atom stereocenters. The quantitative estimate of drug-likeness (QED) is 0.591. The first kappa shape index (κ1) is 9.24. The van der Waals surface area contributed by atoms with Gasteiger partial charge in [-0.2, -0.15) is 0 Å². The normalized spacial score (nSPS) is 9.62. The Morgan fingerprint density at radius 3 is 2.69 bits per heavy atom. The molecule has 0 amide bonds. The number of nitrogens with one attached hydrogen (secondary N) is 2. The van der Waals surface area contributed by atoms with Crippen LogP contribution in [-0.2, 0) is 4.74 Å². The summed E-state index contributed by atoms with van der Waals surface area (Å²) in [6, 6.07) is 0.972. The van der Waals surface area contributed by atoms with E-state index in [0.717, 1.165) is 6.07 Å². The van der Waals surface area contributed by atoms with Crippen LogP contribution in [0.1, 0.15) is 17.4 Å². The summed E-state index contributed by atoms with van der Waals surface area (Å²) in [7, 11) is 0. The molecule has 0 fully saturated rings. The van der Waals surface area contributed by atoms with Crippen LogP contribution in [0, 0.1) is 0 Å². The van der Waals surface area contributed by atoms with Crippen LogP contribution < -0.4 is 11.2 Å². The van der Waals surface area contributed by atoms with E-state index in [1.807, 2.05) is 4.98 Å². The Hall–Kier alpha value is -1.85. The lowest BCUT2D eigenvalue weighted by Crippen LogP contribution is -2.25. The predicted molar refractivity (Wildman–Crippen MR) is 43.6 cm³/mol. The van der Waals surface area contributed by atoms with E-state index in [4.69, 9.17) is 0 Å². The van der Waals surface area contributed by atoms with Crippen LogP contribution in [0.5, 0.6) is 0 Å². The number of carbonyl (C=O) groups excluding carboxylic acids is 1. The van der Waals surface area contributed by atoms with Gasteiger partial charge < -0.3 is 9.72 Å². The van der Waals surface area contributed by atoms with Crippen LogP contribution in [0.4, 0.5) is 0 Å². The minimum atomic E-state index is -0.726. The van der Waals surface area contributed by atoms with Crippen LogP contribution in [0.3, 0.4) is 0 Å². The van der Waals surface area contributed by atoms with E-state index >= 15 is 0 Å². The van der Waals surface area contributed by atoms with Crippen molar-refractivity contribution in [2.45, 2.75) is 6.92 Å². The lowest BCUT2D eigenvalue weighted by atomic mass is 10.4. The van der Waals surface area contributed by atoms with E-state index in [0.29, 0.717) is 0 Å². The van der Waals surface area contributed by atoms with Gasteiger partial charge in [0.05, 0.1) is 6.61 Å². The van der Waals surface area contributed by atoms with Gasteiger partial charge in [-0.1, -0.05) is 0 Å². The molecule has 1 rings (SSSR count). The lowest BCUT2D eigenvalue weighted by Gasteiger charge is -1.99. The molecule has 1 heterocycles. The van der Waals surface area contributed by atoms with Gasteiger partial charge in [0.15, 0.2) is 0 Å². The SMILES string of the molecule is CCOC(=O)c1cc(=O)[nH]c(=O)[nH]1. The van der Waals surface area contributed by atoms with Gasteiger partial charge in [-0.3, -0.25) is 9.78 Å². The lowest BCUT2D eigenvalue weighted by molar-refractivity contribution is 0.0518. The Labute approximate surface area is 72.6 Å². The molecule has 0 saturated heterocycles. The van der Waals surface area contributed by atoms with Crippen LogP contribution in [0.2, 0.25) is 0 Å². The molecule has 13 heavy (non-hydrogen) atoms. The second-order valence-electron chi connectivity index (χ2n) is 2.22. The first-order valence-electron chi connectivity index (χ1n) is 3.64. The largest absolute Gasteiger partial charge is 0.461 e. The van der Waals surface area contributed by atoms with E-state index in [1.165, 1.54) is 0 Å². The number of esters is 1. The highest BCUT2D eigenvalue weighted by Gasteiger charge is 2.07. The monoisotopic (exact) mass is 184 g/mol. The number of hydrogen-bond donors (Lipinski definition) is 2. The van der Waals surface area contributed by atoms with Crippen molar-refractivity contribution in [2.75, 3.05) is 6.61 Å². The molecular weight excluding hydrogens is 176 g/mol. The molecule has 2 N–H and O–H groups in total. The maximum atomic E-state index is 11.0. The van der Waals surface area contributed by atoms with Crippen molar-refractivity contribution < 1.29 is 9.53 Å². The summed E-state index contributed by atoms with van der Waals surface area (Å²) in [5, 5.41) is 0. The molecule has 1 aromatic rings. The average molecular weight is 184 g/mol. The zero-order chi connectivity index (χ0) is 9.84. The molecule has 70 valence electrons. The summed E-state index contributed by atoms with van der Waals surface area (Å²) in [5.41, 5.74) is -1.50. The van der Waals surface area contributed by atoms with Crippen LogP contribution in [0.15, 0.2) is 15.7 Å². The summed E-state index contributed by atoms with van der Waals surface area (Å²) in [5.74, 6) is -0.717. The van der Waals surface area contributed by atoms with Gasteiger partial charge in [0.2, 0.25) is 0 Å². The molecular formula is C7H8N2O4. The van der Waals surface area contributed by atoms with E-state index in [9.17, 15) is 14.4 Å². The Balaban J connectivity index is 3.08. The summed E-state index contributed by atoms with van der Waals surface area (Å²) in [6.45, 7) is 1.82. The van der Waals surface area contributed by atoms with Gasteiger partial charge in [0.25, 0.3) is 5.56 Å². The van der Waals surface area contributed by atoms with Gasteiger partial charge in [0, 0.05) is 6.07 Å². The second kappa shape index (κ2) is 3.70. The Morgan fingerprint density at radius 1 is 1.46 bits per heavy atom. The van der Waals surface area contributed by atoms with Gasteiger partial charge in [-0.15, -0.1) is 0 Å². The van der Waals surface area contributed by atoms with Crippen LogP contribution in [0.25, 0.3) is 0 Å². The topological polar surface area (TPSA) is 92.0 Å². The highest BCUT2D eigenvalue weighted by molar-refractivity contribution is 5.86. The molecule has 0 unspecified atom stereocenters. The van der Waals surface area contributed by atoms with E-state index < -0.39 is 17.2 Å². The number of aromatic nitrogens is 2. The number of hydrogen-bond acceptors (Lipinski definition) is 4.